The Balaban J connectivity index is 1.80. The van der Waals surface area contributed by atoms with Gasteiger partial charge in [-0.2, -0.15) is 0 Å². The van der Waals surface area contributed by atoms with Crippen molar-refractivity contribution < 1.29 is 19.2 Å². The second-order valence-corrected chi connectivity index (χ2v) is 6.47. The second kappa shape index (κ2) is 5.15. The van der Waals surface area contributed by atoms with Crippen molar-refractivity contribution in [1.82, 2.24) is 0 Å². The molecule has 4 atom stereocenters. The summed E-state index contributed by atoms with van der Waals surface area (Å²) in [6, 6.07) is 4.18. The Morgan fingerprint density at radius 3 is 2.17 bits per heavy atom. The average Bonchev–Trinajstić information content (AvgIpc) is 2.88. The molecule has 0 spiro atoms. The molecule has 1 aromatic rings. The highest BCUT2D eigenvalue weighted by atomic mass is 16.6. The number of hydrogen-bond acceptors (Lipinski definition) is 5. The first-order chi connectivity index (χ1) is 11.5. The Morgan fingerprint density at radius 2 is 1.71 bits per heavy atom. The van der Waals surface area contributed by atoms with Gasteiger partial charge in [0.1, 0.15) is 11.4 Å². The van der Waals surface area contributed by atoms with E-state index in [1.54, 1.807) is 0 Å². The number of ether oxygens (including phenoxy) is 1. The van der Waals surface area contributed by atoms with Gasteiger partial charge in [0.05, 0.1) is 29.9 Å². The van der Waals surface area contributed by atoms with Crippen LogP contribution in [0.2, 0.25) is 0 Å². The molecule has 3 aliphatic carbocycles. The molecule has 1 aliphatic heterocycles. The van der Waals surface area contributed by atoms with Crippen LogP contribution in [0.15, 0.2) is 30.4 Å². The number of nitro benzene ring substituents is 1. The second-order valence-electron chi connectivity index (χ2n) is 6.47. The summed E-state index contributed by atoms with van der Waals surface area (Å²) in [6.45, 7) is 0. The minimum atomic E-state index is -0.590. The van der Waals surface area contributed by atoms with E-state index in [9.17, 15) is 19.7 Å². The van der Waals surface area contributed by atoms with Crippen molar-refractivity contribution in [3.05, 3.63) is 40.5 Å². The van der Waals surface area contributed by atoms with Gasteiger partial charge < -0.3 is 4.74 Å². The Bertz CT molecular complexity index is 755. The molecular formula is C17H16N2O5. The number of carbonyl (C=O) groups is 2. The molecule has 2 bridgehead atoms. The van der Waals surface area contributed by atoms with E-state index in [0.29, 0.717) is 5.75 Å². The van der Waals surface area contributed by atoms with Crippen molar-refractivity contribution in [3.63, 3.8) is 0 Å². The molecule has 2 fully saturated rings. The highest BCUT2D eigenvalue weighted by Crippen LogP contribution is 2.51. The fourth-order valence-electron chi connectivity index (χ4n) is 4.28. The minimum Gasteiger partial charge on any atom is -0.496 e. The van der Waals surface area contributed by atoms with E-state index < -0.39 is 4.92 Å². The molecule has 4 aliphatic rings. The molecule has 0 unspecified atom stereocenters. The van der Waals surface area contributed by atoms with Gasteiger partial charge in [-0.15, -0.1) is 0 Å². The van der Waals surface area contributed by atoms with E-state index in [-0.39, 0.29) is 46.9 Å². The number of methoxy groups -OCH3 is 1. The number of rotatable bonds is 3. The molecule has 7 nitrogen and oxygen atoms in total. The quantitative estimate of drug-likeness (QED) is 0.367. The lowest BCUT2D eigenvalue weighted by molar-refractivity contribution is -0.384. The highest BCUT2D eigenvalue weighted by Gasteiger charge is 2.57. The first-order valence-electron chi connectivity index (χ1n) is 7.91. The number of nitro groups is 1. The number of imide groups is 1. The van der Waals surface area contributed by atoms with Crippen molar-refractivity contribution in [3.8, 4) is 5.75 Å². The third-order valence-corrected chi connectivity index (χ3v) is 5.38. The summed E-state index contributed by atoms with van der Waals surface area (Å²) in [5.74, 6) is -0.998. The number of benzene rings is 1. The van der Waals surface area contributed by atoms with Crippen molar-refractivity contribution >= 4 is 23.2 Å². The first kappa shape index (κ1) is 14.9. The molecule has 7 heteroatoms. The average molecular weight is 328 g/mol. The van der Waals surface area contributed by atoms with Crippen molar-refractivity contribution in [1.29, 1.82) is 0 Å². The molecular weight excluding hydrogens is 312 g/mol. The Kier molecular flexibility index (Phi) is 3.19. The van der Waals surface area contributed by atoms with Gasteiger partial charge >= 0.3 is 0 Å². The van der Waals surface area contributed by atoms with E-state index in [1.807, 2.05) is 12.2 Å². The van der Waals surface area contributed by atoms with Gasteiger partial charge in [-0.05, 0) is 36.8 Å². The molecule has 0 radical (unpaired) electrons. The normalized spacial score (nSPS) is 30.6. The highest BCUT2D eigenvalue weighted by molar-refractivity contribution is 6.23. The minimum absolute atomic E-state index is 0.0320. The lowest BCUT2D eigenvalue weighted by Crippen LogP contribution is -2.38. The maximum absolute atomic E-state index is 12.9. The molecule has 124 valence electrons. The molecule has 24 heavy (non-hydrogen) atoms. The first-order valence-corrected chi connectivity index (χ1v) is 7.91. The van der Waals surface area contributed by atoms with E-state index in [0.717, 1.165) is 17.7 Å². The SMILES string of the molecule is COc1ccc(N2C(=O)[C@H]3[C@H](C2=O)[C@@H]2C=C[C@@H]3CC2)c([N+](=O)[O-])c1. The van der Waals surface area contributed by atoms with Crippen LogP contribution in [-0.4, -0.2) is 23.8 Å². The third kappa shape index (κ3) is 1.90. The maximum Gasteiger partial charge on any atom is 0.297 e. The van der Waals surface area contributed by atoms with Crippen molar-refractivity contribution in [2.24, 2.45) is 23.7 Å². The van der Waals surface area contributed by atoms with Crippen LogP contribution in [0, 0.1) is 33.8 Å². The molecule has 5 rings (SSSR count). The van der Waals surface area contributed by atoms with Crippen molar-refractivity contribution in [2.75, 3.05) is 12.0 Å². The molecule has 1 heterocycles. The molecule has 0 N–H and O–H groups in total. The fourth-order valence-corrected chi connectivity index (χ4v) is 4.28. The van der Waals surface area contributed by atoms with E-state index in [1.165, 1.54) is 25.3 Å². The number of anilines is 1. The van der Waals surface area contributed by atoms with Crippen LogP contribution in [-0.2, 0) is 9.59 Å². The Labute approximate surface area is 138 Å². The van der Waals surface area contributed by atoms with Gasteiger partial charge in [-0.1, -0.05) is 12.2 Å². The fraction of sp³-hybridized carbons (Fsp3) is 0.412. The van der Waals surface area contributed by atoms with Gasteiger partial charge in [-0.3, -0.25) is 19.7 Å². The predicted octanol–water partition coefficient (Wildman–Crippen LogP) is 2.30. The number of hydrogen-bond donors (Lipinski definition) is 0. The maximum atomic E-state index is 12.9. The van der Waals surface area contributed by atoms with Crippen LogP contribution in [0.25, 0.3) is 0 Å². The summed E-state index contributed by atoms with van der Waals surface area (Å²) in [7, 11) is 1.41. The lowest BCUT2D eigenvalue weighted by Gasteiger charge is -2.38. The van der Waals surface area contributed by atoms with Crippen LogP contribution in [0.3, 0.4) is 0 Å². The zero-order chi connectivity index (χ0) is 17.0. The summed E-state index contributed by atoms with van der Waals surface area (Å²) in [5, 5.41) is 11.4. The number of fused-ring (bicyclic) bond motifs is 1. The van der Waals surface area contributed by atoms with Crippen LogP contribution in [0.4, 0.5) is 11.4 Å². The predicted molar refractivity (Wildman–Crippen MR) is 84.5 cm³/mol. The van der Waals surface area contributed by atoms with E-state index in [4.69, 9.17) is 4.74 Å². The monoisotopic (exact) mass is 328 g/mol. The standard InChI is InChI=1S/C17H16N2O5/c1-24-11-6-7-12(13(8-11)19(22)23)18-16(20)14-9-2-3-10(5-4-9)15(14)17(18)21/h2-3,6-10,14-15H,4-5H2,1H3/t9-,10-,14-,15-/m1/s1. The molecule has 1 aromatic carbocycles. The molecule has 2 amide bonds. The van der Waals surface area contributed by atoms with Gasteiger partial charge in [0.2, 0.25) is 11.8 Å². The van der Waals surface area contributed by atoms with Crippen molar-refractivity contribution in [2.45, 2.75) is 12.8 Å². The number of allylic oxidation sites excluding steroid dienone is 2. The van der Waals surface area contributed by atoms with Gasteiger partial charge in [0.15, 0.2) is 0 Å². The summed E-state index contributed by atoms with van der Waals surface area (Å²) >= 11 is 0. The summed E-state index contributed by atoms with van der Waals surface area (Å²) < 4.78 is 5.01. The zero-order valence-corrected chi connectivity index (χ0v) is 13.0. The van der Waals surface area contributed by atoms with E-state index in [2.05, 4.69) is 0 Å². The topological polar surface area (TPSA) is 89.8 Å². The zero-order valence-electron chi connectivity index (χ0n) is 13.0. The summed E-state index contributed by atoms with van der Waals surface area (Å²) in [6.07, 6.45) is 5.82. The smallest absolute Gasteiger partial charge is 0.297 e. The van der Waals surface area contributed by atoms with Crippen LogP contribution >= 0.6 is 0 Å². The van der Waals surface area contributed by atoms with Crippen LogP contribution in [0.5, 0.6) is 5.75 Å². The molecule has 1 saturated carbocycles. The van der Waals surface area contributed by atoms with E-state index >= 15 is 0 Å². The van der Waals surface area contributed by atoms with Gasteiger partial charge in [-0.25, -0.2) is 4.90 Å². The molecule has 1 saturated heterocycles. The Hall–Kier alpha value is -2.70. The number of carbonyl (C=O) groups excluding carboxylic acids is 2. The third-order valence-electron chi connectivity index (χ3n) is 5.38. The van der Waals surface area contributed by atoms with Crippen LogP contribution < -0.4 is 9.64 Å². The summed E-state index contributed by atoms with van der Waals surface area (Å²) in [5.41, 5.74) is -0.264. The lowest BCUT2D eigenvalue weighted by atomic mass is 9.63. The molecule has 0 aromatic heterocycles. The number of amides is 2. The van der Waals surface area contributed by atoms with Gasteiger partial charge in [0, 0.05) is 0 Å². The largest absolute Gasteiger partial charge is 0.496 e. The van der Waals surface area contributed by atoms with Gasteiger partial charge in [0.25, 0.3) is 5.69 Å². The summed E-state index contributed by atoms with van der Waals surface area (Å²) in [4.78, 5) is 37.6. The number of nitrogens with zero attached hydrogens (tertiary/aromatic N) is 2. The Morgan fingerprint density at radius 1 is 1.12 bits per heavy atom. The van der Waals surface area contributed by atoms with Crippen LogP contribution in [0.1, 0.15) is 12.8 Å².